The van der Waals surface area contributed by atoms with Crippen molar-refractivity contribution in [3.8, 4) is 0 Å². The van der Waals surface area contributed by atoms with Crippen LogP contribution in [0.2, 0.25) is 5.02 Å². The summed E-state index contributed by atoms with van der Waals surface area (Å²) in [6.45, 7) is 4.07. The molecule has 0 aromatic heterocycles. The van der Waals surface area contributed by atoms with Crippen molar-refractivity contribution in [2.24, 2.45) is 4.99 Å². The maximum Gasteiger partial charge on any atom is 0.0655 e. The van der Waals surface area contributed by atoms with E-state index in [4.69, 9.17) is 11.6 Å². The van der Waals surface area contributed by atoms with Crippen LogP contribution in [0, 0.1) is 6.92 Å². The zero-order chi connectivity index (χ0) is 8.97. The maximum atomic E-state index is 5.80. The van der Waals surface area contributed by atoms with Gasteiger partial charge in [-0.25, -0.2) is 0 Å². The second kappa shape index (κ2) is 4.27. The molecule has 0 bridgehead atoms. The third-order valence-corrected chi connectivity index (χ3v) is 1.81. The van der Waals surface area contributed by atoms with Gasteiger partial charge in [0.25, 0.3) is 0 Å². The van der Waals surface area contributed by atoms with Crippen LogP contribution in [0.3, 0.4) is 0 Å². The van der Waals surface area contributed by atoms with E-state index in [2.05, 4.69) is 11.9 Å². The van der Waals surface area contributed by atoms with Gasteiger partial charge in [0, 0.05) is 11.2 Å². The summed E-state index contributed by atoms with van der Waals surface area (Å²) >= 11 is 5.80. The van der Waals surface area contributed by atoms with Crippen molar-refractivity contribution in [3.63, 3.8) is 0 Å². The summed E-state index contributed by atoms with van der Waals surface area (Å²) in [6.07, 6.45) is 2.86. The molecule has 12 heavy (non-hydrogen) atoms. The Labute approximate surface area is 78.1 Å². The van der Waals surface area contributed by atoms with E-state index in [1.807, 2.05) is 31.3 Å². The first-order valence-corrected chi connectivity index (χ1v) is 4.40. The van der Waals surface area contributed by atoms with Crippen LogP contribution in [0.1, 0.15) is 18.9 Å². The number of benzene rings is 1. The number of aliphatic imine (C=N–C) groups is 1. The van der Waals surface area contributed by atoms with E-state index in [1.165, 1.54) is 0 Å². The molecule has 0 aliphatic carbocycles. The molecule has 0 saturated heterocycles. The van der Waals surface area contributed by atoms with Crippen LogP contribution in [0.5, 0.6) is 0 Å². The minimum absolute atomic E-state index is 0.767. The molecule has 0 N–H and O–H groups in total. The van der Waals surface area contributed by atoms with Gasteiger partial charge in [-0.3, -0.25) is 4.99 Å². The van der Waals surface area contributed by atoms with Gasteiger partial charge < -0.3 is 0 Å². The molecule has 0 spiro atoms. The van der Waals surface area contributed by atoms with Crippen LogP contribution < -0.4 is 0 Å². The molecular formula is C10H12ClN. The van der Waals surface area contributed by atoms with E-state index in [1.54, 1.807) is 0 Å². The second-order valence-corrected chi connectivity index (χ2v) is 3.09. The number of hydrogen-bond acceptors (Lipinski definition) is 1. The minimum Gasteiger partial charge on any atom is -0.261 e. The first-order valence-electron chi connectivity index (χ1n) is 4.02. The van der Waals surface area contributed by atoms with Crippen LogP contribution in [0.25, 0.3) is 0 Å². The Balaban J connectivity index is 2.94. The number of halogens is 1. The van der Waals surface area contributed by atoms with Crippen LogP contribution >= 0.6 is 11.6 Å². The van der Waals surface area contributed by atoms with Crippen LogP contribution in [0.15, 0.2) is 23.2 Å². The van der Waals surface area contributed by atoms with Crippen LogP contribution in [-0.2, 0) is 0 Å². The van der Waals surface area contributed by atoms with Gasteiger partial charge in [0.15, 0.2) is 0 Å². The standard InChI is InChI=1S/C10H12ClN/c1-3-6-12-10-5-4-9(11)7-8(10)2/h4-7H,3H2,1-2H3. The highest BCUT2D eigenvalue weighted by Crippen LogP contribution is 2.21. The van der Waals surface area contributed by atoms with Crippen molar-refractivity contribution >= 4 is 23.5 Å². The highest BCUT2D eigenvalue weighted by molar-refractivity contribution is 6.30. The van der Waals surface area contributed by atoms with Crippen molar-refractivity contribution in [2.75, 3.05) is 0 Å². The van der Waals surface area contributed by atoms with Crippen LogP contribution in [-0.4, -0.2) is 6.21 Å². The average molecular weight is 182 g/mol. The third-order valence-electron chi connectivity index (χ3n) is 1.57. The summed E-state index contributed by atoms with van der Waals surface area (Å²) in [5.74, 6) is 0. The van der Waals surface area contributed by atoms with E-state index in [0.29, 0.717) is 0 Å². The molecule has 64 valence electrons. The summed E-state index contributed by atoms with van der Waals surface area (Å²) in [7, 11) is 0. The summed E-state index contributed by atoms with van der Waals surface area (Å²) in [4.78, 5) is 4.28. The fourth-order valence-electron chi connectivity index (χ4n) is 0.953. The van der Waals surface area contributed by atoms with Gasteiger partial charge in [-0.15, -0.1) is 0 Å². The van der Waals surface area contributed by atoms with Gasteiger partial charge in [0.1, 0.15) is 0 Å². The van der Waals surface area contributed by atoms with Crippen molar-refractivity contribution < 1.29 is 0 Å². The minimum atomic E-state index is 0.767. The summed E-state index contributed by atoms with van der Waals surface area (Å²) in [6, 6.07) is 5.71. The van der Waals surface area contributed by atoms with Crippen molar-refractivity contribution in [1.29, 1.82) is 0 Å². The molecule has 1 rings (SSSR count). The molecule has 0 aliphatic rings. The van der Waals surface area contributed by atoms with Crippen molar-refractivity contribution in [3.05, 3.63) is 28.8 Å². The van der Waals surface area contributed by atoms with Gasteiger partial charge >= 0.3 is 0 Å². The number of nitrogens with zero attached hydrogens (tertiary/aromatic N) is 1. The normalized spacial score (nSPS) is 10.9. The Bertz CT molecular complexity index is 292. The van der Waals surface area contributed by atoms with Crippen LogP contribution in [0.4, 0.5) is 5.69 Å². The summed E-state index contributed by atoms with van der Waals surface area (Å²) < 4.78 is 0. The second-order valence-electron chi connectivity index (χ2n) is 2.65. The highest BCUT2D eigenvalue weighted by Gasteiger charge is 1.94. The molecule has 0 saturated carbocycles. The Morgan fingerprint density at radius 2 is 2.25 bits per heavy atom. The molecule has 2 heteroatoms. The predicted octanol–water partition coefficient (Wildman–Crippen LogP) is 3.76. The Morgan fingerprint density at radius 1 is 1.50 bits per heavy atom. The molecule has 1 aromatic carbocycles. The van der Waals surface area contributed by atoms with E-state index in [0.717, 1.165) is 22.7 Å². The summed E-state index contributed by atoms with van der Waals surface area (Å²) in [5.41, 5.74) is 2.12. The SMILES string of the molecule is CCC=Nc1ccc(Cl)cc1C. The molecule has 1 nitrogen and oxygen atoms in total. The van der Waals surface area contributed by atoms with E-state index in [9.17, 15) is 0 Å². The first-order chi connectivity index (χ1) is 5.74. The first kappa shape index (κ1) is 9.27. The Kier molecular flexibility index (Phi) is 3.30. The molecule has 0 aliphatic heterocycles. The largest absolute Gasteiger partial charge is 0.261 e. The molecular weight excluding hydrogens is 170 g/mol. The molecule has 0 unspecified atom stereocenters. The Morgan fingerprint density at radius 3 is 2.83 bits per heavy atom. The van der Waals surface area contributed by atoms with Gasteiger partial charge in [0.2, 0.25) is 0 Å². The maximum absolute atomic E-state index is 5.80. The molecule has 1 aromatic rings. The van der Waals surface area contributed by atoms with Crippen molar-refractivity contribution in [1.82, 2.24) is 0 Å². The lowest BCUT2D eigenvalue weighted by Gasteiger charge is -1.98. The molecule has 0 radical (unpaired) electrons. The van der Waals surface area contributed by atoms with Gasteiger partial charge in [-0.05, 0) is 37.1 Å². The number of hydrogen-bond donors (Lipinski definition) is 0. The lowest BCUT2D eigenvalue weighted by Crippen LogP contribution is -1.75. The lowest BCUT2D eigenvalue weighted by molar-refractivity contribution is 1.30. The molecule has 0 heterocycles. The lowest BCUT2D eigenvalue weighted by atomic mass is 10.2. The quantitative estimate of drug-likeness (QED) is 0.616. The topological polar surface area (TPSA) is 12.4 Å². The molecule has 0 atom stereocenters. The van der Waals surface area contributed by atoms with E-state index in [-0.39, 0.29) is 0 Å². The zero-order valence-corrected chi connectivity index (χ0v) is 8.10. The van der Waals surface area contributed by atoms with Crippen molar-refractivity contribution in [2.45, 2.75) is 20.3 Å². The highest BCUT2D eigenvalue weighted by atomic mass is 35.5. The molecule has 0 amide bonds. The fraction of sp³-hybridized carbons (Fsp3) is 0.300. The Hall–Kier alpha value is -0.820. The molecule has 0 fully saturated rings. The monoisotopic (exact) mass is 181 g/mol. The third kappa shape index (κ3) is 2.35. The van der Waals surface area contributed by atoms with Gasteiger partial charge in [0.05, 0.1) is 5.69 Å². The van der Waals surface area contributed by atoms with Gasteiger partial charge in [-0.2, -0.15) is 0 Å². The van der Waals surface area contributed by atoms with E-state index >= 15 is 0 Å². The summed E-state index contributed by atoms with van der Waals surface area (Å²) in [5, 5.41) is 0.767. The smallest absolute Gasteiger partial charge is 0.0655 e. The van der Waals surface area contributed by atoms with E-state index < -0.39 is 0 Å². The zero-order valence-electron chi connectivity index (χ0n) is 7.34. The fourth-order valence-corrected chi connectivity index (χ4v) is 1.18. The number of aryl methyl sites for hydroxylation is 1. The number of rotatable bonds is 2. The van der Waals surface area contributed by atoms with Gasteiger partial charge in [-0.1, -0.05) is 18.5 Å². The predicted molar refractivity (Wildman–Crippen MR) is 54.6 cm³/mol. The average Bonchev–Trinajstić information content (AvgIpc) is 2.03.